The zero-order valence-electron chi connectivity index (χ0n) is 20.1. The zero-order chi connectivity index (χ0) is 27.2. The number of nitrogens with one attached hydrogen (secondary N) is 1. The van der Waals surface area contributed by atoms with Crippen LogP contribution in [0.4, 0.5) is 15.8 Å². The lowest BCUT2D eigenvalue weighted by atomic mass is 10.2. The third kappa shape index (κ3) is 7.12. The van der Waals surface area contributed by atoms with E-state index in [4.69, 9.17) is 27.9 Å². The number of esters is 1. The number of carbonyl (C=O) groups excluding carboxylic acids is 3. The lowest BCUT2D eigenvalue weighted by Crippen LogP contribution is -2.44. The van der Waals surface area contributed by atoms with Crippen LogP contribution in [0.25, 0.3) is 0 Å². The van der Waals surface area contributed by atoms with Crippen LogP contribution in [0.15, 0.2) is 71.7 Å². The first-order valence-corrected chi connectivity index (χ1v) is 13.2. The van der Waals surface area contributed by atoms with Crippen molar-refractivity contribution in [2.75, 3.05) is 11.9 Å². The molecule has 196 valence electrons. The summed E-state index contributed by atoms with van der Waals surface area (Å²) in [5.41, 5.74) is 1.94. The van der Waals surface area contributed by atoms with Crippen molar-refractivity contribution in [1.82, 2.24) is 4.90 Å². The highest BCUT2D eigenvalue weighted by Gasteiger charge is 2.36. The molecule has 7 nitrogen and oxygen atoms in total. The van der Waals surface area contributed by atoms with E-state index in [-0.39, 0.29) is 31.3 Å². The van der Waals surface area contributed by atoms with E-state index in [0.717, 1.165) is 11.8 Å². The number of hydrogen-bond donors (Lipinski definition) is 1. The smallest absolute Gasteiger partial charge is 0.338 e. The molecule has 1 N–H and O–H groups in total. The number of amides is 2. The number of ether oxygens (including phenoxy) is 1. The second-order valence-corrected chi connectivity index (χ2v) is 10.3. The van der Waals surface area contributed by atoms with E-state index in [1.54, 1.807) is 61.5 Å². The van der Waals surface area contributed by atoms with E-state index in [1.165, 1.54) is 17.0 Å². The van der Waals surface area contributed by atoms with E-state index in [9.17, 15) is 18.8 Å². The van der Waals surface area contributed by atoms with Gasteiger partial charge in [0.05, 0.1) is 24.4 Å². The van der Waals surface area contributed by atoms with Gasteiger partial charge >= 0.3 is 5.97 Å². The van der Waals surface area contributed by atoms with Crippen molar-refractivity contribution in [3.05, 3.63) is 93.7 Å². The van der Waals surface area contributed by atoms with Crippen LogP contribution in [-0.4, -0.2) is 39.7 Å². The molecule has 1 aliphatic rings. The lowest BCUT2D eigenvalue weighted by Gasteiger charge is -2.32. The molecule has 11 heteroatoms. The SMILES string of the molecule is CCOC(=O)c1ccc(N=C2SC(C(=O)Nc3cc(Cl)cc(Cl)c3)CC(=O)N2Cc2ccc(F)cc2)cc1. The molecule has 3 aromatic carbocycles. The van der Waals surface area contributed by atoms with Crippen LogP contribution in [0, 0.1) is 5.82 Å². The van der Waals surface area contributed by atoms with Crippen molar-refractivity contribution < 1.29 is 23.5 Å². The molecule has 0 spiro atoms. The van der Waals surface area contributed by atoms with Gasteiger partial charge in [-0.3, -0.25) is 14.5 Å². The Morgan fingerprint density at radius 2 is 1.74 bits per heavy atom. The van der Waals surface area contributed by atoms with Crippen molar-refractivity contribution in [2.45, 2.75) is 25.1 Å². The number of aliphatic imine (C=N–C) groups is 1. The van der Waals surface area contributed by atoms with Crippen molar-refractivity contribution >= 4 is 69.3 Å². The maximum atomic E-state index is 13.4. The topological polar surface area (TPSA) is 88.1 Å². The van der Waals surface area contributed by atoms with Crippen molar-refractivity contribution in [3.63, 3.8) is 0 Å². The summed E-state index contributed by atoms with van der Waals surface area (Å²) < 4.78 is 18.4. The number of hydrogen-bond acceptors (Lipinski definition) is 6. The average molecular weight is 574 g/mol. The van der Waals surface area contributed by atoms with E-state index in [1.807, 2.05) is 0 Å². The second kappa shape index (κ2) is 12.4. The Morgan fingerprint density at radius 1 is 1.08 bits per heavy atom. The molecule has 0 saturated carbocycles. The van der Waals surface area contributed by atoms with Crippen molar-refractivity contribution in [3.8, 4) is 0 Å². The first-order valence-electron chi connectivity index (χ1n) is 11.6. The molecule has 0 aromatic heterocycles. The second-order valence-electron chi connectivity index (χ2n) is 8.23. The minimum absolute atomic E-state index is 0.0766. The number of halogens is 3. The summed E-state index contributed by atoms with van der Waals surface area (Å²) in [5, 5.41) is 2.99. The van der Waals surface area contributed by atoms with Gasteiger partial charge in [-0.15, -0.1) is 0 Å². The largest absolute Gasteiger partial charge is 0.462 e. The van der Waals surface area contributed by atoms with Crippen LogP contribution in [0.1, 0.15) is 29.3 Å². The molecule has 0 radical (unpaired) electrons. The maximum Gasteiger partial charge on any atom is 0.338 e. The number of amidine groups is 1. The number of rotatable bonds is 7. The Labute approximate surface area is 233 Å². The summed E-state index contributed by atoms with van der Waals surface area (Å²) in [6.45, 7) is 2.12. The monoisotopic (exact) mass is 573 g/mol. The van der Waals surface area contributed by atoms with Crippen LogP contribution < -0.4 is 5.32 Å². The van der Waals surface area contributed by atoms with Crippen LogP contribution in [-0.2, 0) is 20.9 Å². The minimum Gasteiger partial charge on any atom is -0.462 e. The lowest BCUT2D eigenvalue weighted by molar-refractivity contribution is -0.129. The highest BCUT2D eigenvalue weighted by Crippen LogP contribution is 2.32. The Balaban J connectivity index is 1.60. The van der Waals surface area contributed by atoms with E-state index in [0.29, 0.717) is 37.7 Å². The van der Waals surface area contributed by atoms with Gasteiger partial charge in [-0.25, -0.2) is 14.2 Å². The third-order valence-electron chi connectivity index (χ3n) is 5.42. The summed E-state index contributed by atoms with van der Waals surface area (Å²) in [5.74, 6) is -1.57. The number of thioether (sulfide) groups is 1. The predicted molar refractivity (Wildman–Crippen MR) is 148 cm³/mol. The van der Waals surface area contributed by atoms with Gasteiger partial charge in [0.15, 0.2) is 5.17 Å². The molecular formula is C27H22Cl2FN3O4S. The summed E-state index contributed by atoms with van der Waals surface area (Å²) >= 11 is 13.2. The normalized spacial score (nSPS) is 16.4. The van der Waals surface area contributed by atoms with Gasteiger partial charge in [-0.05, 0) is 67.1 Å². The molecule has 0 aliphatic carbocycles. The summed E-state index contributed by atoms with van der Waals surface area (Å²) in [4.78, 5) is 44.4. The van der Waals surface area contributed by atoms with Crippen molar-refractivity contribution in [2.24, 2.45) is 4.99 Å². The highest BCUT2D eigenvalue weighted by molar-refractivity contribution is 8.15. The molecule has 0 bridgehead atoms. The van der Waals surface area contributed by atoms with E-state index >= 15 is 0 Å². The molecule has 1 saturated heterocycles. The van der Waals surface area contributed by atoms with Gasteiger partial charge in [-0.1, -0.05) is 47.1 Å². The Bertz CT molecular complexity index is 1360. The van der Waals surface area contributed by atoms with E-state index in [2.05, 4.69) is 10.3 Å². The van der Waals surface area contributed by atoms with Crippen LogP contribution in [0.5, 0.6) is 0 Å². The number of nitrogens with zero attached hydrogens (tertiary/aromatic N) is 2. The van der Waals surface area contributed by atoms with Gasteiger partial charge < -0.3 is 10.1 Å². The summed E-state index contributed by atoms with van der Waals surface area (Å²) in [7, 11) is 0. The summed E-state index contributed by atoms with van der Waals surface area (Å²) in [6.07, 6.45) is -0.0766. The van der Waals surface area contributed by atoms with Crippen molar-refractivity contribution in [1.29, 1.82) is 0 Å². The fourth-order valence-electron chi connectivity index (χ4n) is 3.61. The van der Waals surface area contributed by atoms with E-state index < -0.39 is 17.1 Å². The van der Waals surface area contributed by atoms with Crippen LogP contribution in [0.2, 0.25) is 10.0 Å². The molecule has 3 aromatic rings. The number of benzene rings is 3. The van der Waals surface area contributed by atoms with Crippen LogP contribution >= 0.6 is 35.0 Å². The maximum absolute atomic E-state index is 13.4. The Hall–Kier alpha value is -3.40. The van der Waals surface area contributed by atoms with Gasteiger partial charge in [0.2, 0.25) is 11.8 Å². The molecule has 38 heavy (non-hydrogen) atoms. The van der Waals surface area contributed by atoms with Gasteiger partial charge in [-0.2, -0.15) is 0 Å². The molecule has 1 aliphatic heterocycles. The fraction of sp³-hybridized carbons (Fsp3) is 0.185. The molecule has 2 amide bonds. The molecule has 1 heterocycles. The minimum atomic E-state index is -0.776. The van der Waals surface area contributed by atoms with Gasteiger partial charge in [0.25, 0.3) is 0 Å². The first-order chi connectivity index (χ1) is 18.2. The fourth-order valence-corrected chi connectivity index (χ4v) is 5.24. The Kier molecular flexibility index (Phi) is 9.04. The molecular weight excluding hydrogens is 552 g/mol. The number of anilines is 1. The summed E-state index contributed by atoms with van der Waals surface area (Å²) in [6, 6.07) is 16.8. The molecule has 1 unspecified atom stereocenters. The van der Waals surface area contributed by atoms with Gasteiger partial charge in [0.1, 0.15) is 11.1 Å². The standard InChI is InChI=1S/C27H22Cl2FN3O4S/c1-2-37-26(36)17-5-9-21(10-6-17)32-27-33(15-16-3-7-20(30)8-4-16)24(34)14-23(38-27)25(35)31-22-12-18(28)11-19(29)13-22/h3-13,23H,2,14-15H2,1H3,(H,31,35). The average Bonchev–Trinajstić information content (AvgIpc) is 2.87. The quantitative estimate of drug-likeness (QED) is 0.327. The molecule has 1 atom stereocenters. The highest BCUT2D eigenvalue weighted by atomic mass is 35.5. The Morgan fingerprint density at radius 3 is 2.37 bits per heavy atom. The molecule has 1 fully saturated rings. The van der Waals surface area contributed by atoms with Gasteiger partial charge in [0, 0.05) is 22.2 Å². The zero-order valence-corrected chi connectivity index (χ0v) is 22.4. The third-order valence-corrected chi connectivity index (χ3v) is 7.04. The first kappa shape index (κ1) is 27.6. The molecule has 4 rings (SSSR count). The number of carbonyl (C=O) groups is 3. The predicted octanol–water partition coefficient (Wildman–Crippen LogP) is 6.47. The van der Waals surface area contributed by atoms with Crippen LogP contribution in [0.3, 0.4) is 0 Å².